The molecule has 1 aromatic rings. The Kier molecular flexibility index (Phi) is 6.38. The van der Waals surface area contributed by atoms with E-state index in [1.807, 2.05) is 34.6 Å². The Morgan fingerprint density at radius 3 is 2.43 bits per heavy atom. The van der Waals surface area contributed by atoms with Gasteiger partial charge in [-0.05, 0) is 40.7 Å². The van der Waals surface area contributed by atoms with Crippen molar-refractivity contribution >= 4 is 29.5 Å². The van der Waals surface area contributed by atoms with Crippen molar-refractivity contribution in [1.29, 1.82) is 0 Å². The molecule has 0 bridgehead atoms. The lowest BCUT2D eigenvalue weighted by atomic mass is 10.1. The number of hydrogen-bond acceptors (Lipinski definition) is 3. The van der Waals surface area contributed by atoms with Crippen LogP contribution in [-0.4, -0.2) is 45.1 Å². The van der Waals surface area contributed by atoms with Gasteiger partial charge in [0.1, 0.15) is 5.15 Å². The molecule has 0 aromatic carbocycles. The third kappa shape index (κ3) is 5.71. The lowest BCUT2D eigenvalue weighted by Gasteiger charge is -2.24. The van der Waals surface area contributed by atoms with E-state index in [2.05, 4.69) is 10.4 Å². The van der Waals surface area contributed by atoms with Crippen LogP contribution in [-0.2, 0) is 16.6 Å². The van der Waals surface area contributed by atoms with Gasteiger partial charge < -0.3 is 10.2 Å². The quantitative estimate of drug-likeness (QED) is 0.835. The van der Waals surface area contributed by atoms with Crippen LogP contribution in [0.15, 0.2) is 6.08 Å². The largest absolute Gasteiger partial charge is 0.350 e. The van der Waals surface area contributed by atoms with Gasteiger partial charge in [0.05, 0.1) is 12.2 Å². The summed E-state index contributed by atoms with van der Waals surface area (Å²) in [4.78, 5) is 25.7. The zero-order valence-corrected chi connectivity index (χ0v) is 15.4. The Bertz CT molecular complexity index is 614. The summed E-state index contributed by atoms with van der Waals surface area (Å²) in [6, 6.07) is 0. The average Bonchev–Trinajstić information content (AvgIpc) is 2.65. The molecule has 0 atom stereocenters. The minimum absolute atomic E-state index is 0.0245. The second-order valence-corrected chi connectivity index (χ2v) is 6.76. The number of nitrogens with zero attached hydrogens (tertiary/aromatic N) is 3. The monoisotopic (exact) mass is 340 g/mol. The highest BCUT2D eigenvalue weighted by atomic mass is 35.5. The Labute approximate surface area is 142 Å². The topological polar surface area (TPSA) is 67.2 Å². The number of rotatable bonds is 5. The van der Waals surface area contributed by atoms with Gasteiger partial charge in [-0.2, -0.15) is 5.10 Å². The molecule has 7 heteroatoms. The highest BCUT2D eigenvalue weighted by molar-refractivity contribution is 6.31. The van der Waals surface area contributed by atoms with Gasteiger partial charge in [0.25, 0.3) is 0 Å². The van der Waals surface area contributed by atoms with Crippen LogP contribution in [0.25, 0.3) is 6.08 Å². The number of nitrogens with one attached hydrogen (secondary N) is 1. The molecule has 0 spiro atoms. The first-order chi connectivity index (χ1) is 10.5. The van der Waals surface area contributed by atoms with E-state index in [9.17, 15) is 9.59 Å². The number of carbonyl (C=O) groups is 2. The molecule has 0 aliphatic carbocycles. The highest BCUT2D eigenvalue weighted by Crippen LogP contribution is 2.20. The van der Waals surface area contributed by atoms with Gasteiger partial charge in [0, 0.05) is 30.8 Å². The number of aromatic nitrogens is 2. The van der Waals surface area contributed by atoms with Crippen molar-refractivity contribution in [2.24, 2.45) is 7.05 Å². The van der Waals surface area contributed by atoms with Crippen LogP contribution in [0.2, 0.25) is 5.15 Å². The normalized spacial score (nSPS) is 11.8. The van der Waals surface area contributed by atoms with Crippen molar-refractivity contribution in [2.75, 3.05) is 13.1 Å². The Morgan fingerprint density at radius 1 is 1.39 bits per heavy atom. The molecule has 0 aliphatic heterocycles. The van der Waals surface area contributed by atoms with Crippen LogP contribution >= 0.6 is 11.6 Å². The minimum atomic E-state index is -0.324. The third-order valence-electron chi connectivity index (χ3n) is 3.13. The molecule has 1 rings (SSSR count). The van der Waals surface area contributed by atoms with E-state index in [0.29, 0.717) is 17.3 Å². The SMILES string of the molecule is CCN(CC(=O)NC(C)(C)C)C(=O)/C=C/c1c(C)nn(C)c1Cl. The molecule has 0 radical (unpaired) electrons. The molecule has 0 saturated carbocycles. The maximum atomic E-state index is 12.3. The number of halogens is 1. The van der Waals surface area contributed by atoms with Crippen molar-refractivity contribution in [2.45, 2.75) is 40.2 Å². The van der Waals surface area contributed by atoms with E-state index in [4.69, 9.17) is 11.6 Å². The molecule has 0 fully saturated rings. The van der Waals surface area contributed by atoms with E-state index in [-0.39, 0.29) is 23.9 Å². The number of likely N-dealkylation sites (N-methyl/N-ethyl adjacent to an activating group) is 1. The van der Waals surface area contributed by atoms with Crippen LogP contribution in [0.4, 0.5) is 0 Å². The summed E-state index contributed by atoms with van der Waals surface area (Å²) in [5.41, 5.74) is 1.13. The van der Waals surface area contributed by atoms with Crippen molar-refractivity contribution in [3.63, 3.8) is 0 Å². The summed E-state index contributed by atoms with van der Waals surface area (Å²) in [5, 5.41) is 7.50. The molecule has 0 saturated heterocycles. The van der Waals surface area contributed by atoms with Crippen molar-refractivity contribution in [1.82, 2.24) is 20.0 Å². The summed E-state index contributed by atoms with van der Waals surface area (Å²) in [6.45, 7) is 9.82. The fraction of sp³-hybridized carbons (Fsp3) is 0.562. The molecule has 2 amide bonds. The van der Waals surface area contributed by atoms with Gasteiger partial charge in [0.15, 0.2) is 0 Å². The van der Waals surface area contributed by atoms with E-state index in [1.54, 1.807) is 17.8 Å². The molecule has 1 heterocycles. The Hall–Kier alpha value is -1.82. The van der Waals surface area contributed by atoms with Crippen molar-refractivity contribution in [3.8, 4) is 0 Å². The molecule has 128 valence electrons. The van der Waals surface area contributed by atoms with Gasteiger partial charge in [-0.3, -0.25) is 14.3 Å². The summed E-state index contributed by atoms with van der Waals surface area (Å²) < 4.78 is 1.55. The molecule has 6 nitrogen and oxygen atoms in total. The molecule has 1 aromatic heterocycles. The zero-order valence-electron chi connectivity index (χ0n) is 14.6. The predicted octanol–water partition coefficient (Wildman–Crippen LogP) is 2.16. The predicted molar refractivity (Wildman–Crippen MR) is 92.1 cm³/mol. The van der Waals surface area contributed by atoms with E-state index in [1.165, 1.54) is 11.0 Å². The zero-order chi connectivity index (χ0) is 17.8. The van der Waals surface area contributed by atoms with Crippen molar-refractivity contribution in [3.05, 3.63) is 22.5 Å². The second kappa shape index (κ2) is 7.64. The van der Waals surface area contributed by atoms with Gasteiger partial charge in [0.2, 0.25) is 11.8 Å². The Balaban J connectivity index is 2.77. The maximum Gasteiger partial charge on any atom is 0.247 e. The lowest BCUT2D eigenvalue weighted by molar-refractivity contribution is -0.132. The average molecular weight is 341 g/mol. The molecule has 0 aliphatic rings. The minimum Gasteiger partial charge on any atom is -0.350 e. The summed E-state index contributed by atoms with van der Waals surface area (Å²) in [5.74, 6) is -0.424. The van der Waals surface area contributed by atoms with Crippen LogP contribution in [0, 0.1) is 6.92 Å². The highest BCUT2D eigenvalue weighted by Gasteiger charge is 2.18. The number of amides is 2. The lowest BCUT2D eigenvalue weighted by Crippen LogP contribution is -2.47. The second-order valence-electron chi connectivity index (χ2n) is 6.40. The Morgan fingerprint density at radius 2 is 2.00 bits per heavy atom. The van der Waals surface area contributed by atoms with Crippen LogP contribution < -0.4 is 5.32 Å². The van der Waals surface area contributed by atoms with E-state index < -0.39 is 0 Å². The molecular weight excluding hydrogens is 316 g/mol. The van der Waals surface area contributed by atoms with Gasteiger partial charge >= 0.3 is 0 Å². The fourth-order valence-corrected chi connectivity index (χ4v) is 2.31. The molecule has 23 heavy (non-hydrogen) atoms. The standard InChI is InChI=1S/C16H25ClN4O2/c1-7-21(10-13(22)18-16(3,4)5)14(23)9-8-12-11(2)19-20(6)15(12)17/h8-9H,7,10H2,1-6H3,(H,18,22)/b9-8+. The van der Waals surface area contributed by atoms with E-state index >= 15 is 0 Å². The summed E-state index contributed by atoms with van der Waals surface area (Å²) >= 11 is 6.13. The molecule has 0 unspecified atom stereocenters. The molecular formula is C16H25ClN4O2. The molecule has 1 N–H and O–H groups in total. The smallest absolute Gasteiger partial charge is 0.247 e. The first kappa shape index (κ1) is 19.2. The number of hydrogen-bond donors (Lipinski definition) is 1. The number of aryl methyl sites for hydroxylation is 2. The fourth-order valence-electron chi connectivity index (χ4n) is 2.07. The van der Waals surface area contributed by atoms with Gasteiger partial charge in [-0.1, -0.05) is 11.6 Å². The third-order valence-corrected chi connectivity index (χ3v) is 3.58. The van der Waals surface area contributed by atoms with Gasteiger partial charge in [-0.25, -0.2) is 0 Å². The van der Waals surface area contributed by atoms with E-state index in [0.717, 1.165) is 5.69 Å². The summed E-state index contributed by atoms with van der Waals surface area (Å²) in [7, 11) is 1.74. The van der Waals surface area contributed by atoms with Crippen LogP contribution in [0.3, 0.4) is 0 Å². The number of carbonyl (C=O) groups excluding carboxylic acids is 2. The van der Waals surface area contributed by atoms with Crippen LogP contribution in [0.1, 0.15) is 39.0 Å². The first-order valence-corrected chi connectivity index (χ1v) is 7.90. The first-order valence-electron chi connectivity index (χ1n) is 7.52. The van der Waals surface area contributed by atoms with Crippen LogP contribution in [0.5, 0.6) is 0 Å². The van der Waals surface area contributed by atoms with Crippen molar-refractivity contribution < 1.29 is 9.59 Å². The van der Waals surface area contributed by atoms with Gasteiger partial charge in [-0.15, -0.1) is 0 Å². The summed E-state index contributed by atoms with van der Waals surface area (Å²) in [6.07, 6.45) is 3.06. The maximum absolute atomic E-state index is 12.3.